The molecule has 1 saturated heterocycles. The number of rotatable bonds is 1. The van der Waals surface area contributed by atoms with Gasteiger partial charge in [0.15, 0.2) is 5.89 Å². The fourth-order valence-corrected chi connectivity index (χ4v) is 2.22. The first kappa shape index (κ1) is 14.7. The van der Waals surface area contributed by atoms with Gasteiger partial charge in [-0.05, 0) is 45.0 Å². The van der Waals surface area contributed by atoms with Gasteiger partial charge in [-0.15, -0.1) is 0 Å². The number of hydrogen-bond donors (Lipinski definition) is 1. The van der Waals surface area contributed by atoms with Gasteiger partial charge in [0.25, 0.3) is 0 Å². The van der Waals surface area contributed by atoms with Gasteiger partial charge in [-0.1, -0.05) is 17.7 Å². The second kappa shape index (κ2) is 7.20. The van der Waals surface area contributed by atoms with Gasteiger partial charge in [0.1, 0.15) is 12.1 Å². The molecule has 0 saturated carbocycles. The third-order valence-electron chi connectivity index (χ3n) is 3.41. The van der Waals surface area contributed by atoms with Gasteiger partial charge in [-0.3, -0.25) is 0 Å². The third kappa shape index (κ3) is 4.46. The van der Waals surface area contributed by atoms with Crippen molar-refractivity contribution in [2.45, 2.75) is 32.6 Å². The number of piperidine rings is 1. The summed E-state index contributed by atoms with van der Waals surface area (Å²) in [6, 6.07) is 6.40. The Balaban J connectivity index is 0.000000160. The maximum Gasteiger partial charge on any atom is 0.191 e. The first-order chi connectivity index (χ1) is 9.65. The van der Waals surface area contributed by atoms with E-state index in [1.54, 1.807) is 18.4 Å². The average molecular weight is 276 g/mol. The quantitative estimate of drug-likeness (QED) is 0.865. The minimum absolute atomic E-state index is 0.171. The Bertz CT molecular complexity index is 495. The highest BCUT2D eigenvalue weighted by Gasteiger charge is 2.17. The number of halogens is 1. The Morgan fingerprint density at radius 2 is 1.80 bits per heavy atom. The second-order valence-corrected chi connectivity index (χ2v) is 5.11. The molecule has 0 amide bonds. The molecular formula is C16H21FN2O. The van der Waals surface area contributed by atoms with Crippen molar-refractivity contribution in [3.63, 3.8) is 0 Å². The average Bonchev–Trinajstić information content (AvgIpc) is 2.91. The van der Waals surface area contributed by atoms with Gasteiger partial charge < -0.3 is 9.73 Å². The monoisotopic (exact) mass is 276 g/mol. The van der Waals surface area contributed by atoms with Crippen LogP contribution in [0.25, 0.3) is 0 Å². The van der Waals surface area contributed by atoms with E-state index in [0.29, 0.717) is 5.92 Å². The van der Waals surface area contributed by atoms with E-state index in [1.165, 1.54) is 25.0 Å². The van der Waals surface area contributed by atoms with Crippen LogP contribution in [0.2, 0.25) is 0 Å². The van der Waals surface area contributed by atoms with E-state index in [1.807, 2.05) is 13.8 Å². The lowest BCUT2D eigenvalue weighted by Gasteiger charge is -2.19. The molecule has 1 fully saturated rings. The van der Waals surface area contributed by atoms with E-state index in [4.69, 9.17) is 4.42 Å². The van der Waals surface area contributed by atoms with Crippen LogP contribution in [-0.4, -0.2) is 18.1 Å². The summed E-state index contributed by atoms with van der Waals surface area (Å²) in [5.41, 5.74) is 2.22. The molecule has 0 bridgehead atoms. The molecule has 4 heteroatoms. The fraction of sp³-hybridized carbons (Fsp3) is 0.438. The molecule has 0 spiro atoms. The van der Waals surface area contributed by atoms with E-state index in [2.05, 4.69) is 10.3 Å². The minimum atomic E-state index is -0.171. The van der Waals surface area contributed by atoms with E-state index in [0.717, 1.165) is 30.2 Å². The molecule has 2 heterocycles. The molecule has 1 aromatic heterocycles. The standard InChI is InChI=1S/C9H14N2O.C7H7F/c1-7-11-9(6-12-7)8-2-4-10-5-3-8;1-6-2-4-7(8)5-3-6/h6,8,10H,2-5H2,1H3;2-5H,1H3. The summed E-state index contributed by atoms with van der Waals surface area (Å²) in [4.78, 5) is 4.34. The molecule has 3 rings (SSSR count). The molecule has 1 aliphatic heterocycles. The second-order valence-electron chi connectivity index (χ2n) is 5.11. The van der Waals surface area contributed by atoms with Crippen LogP contribution < -0.4 is 5.32 Å². The predicted molar refractivity (Wildman–Crippen MR) is 77.2 cm³/mol. The van der Waals surface area contributed by atoms with Crippen LogP contribution in [-0.2, 0) is 0 Å². The topological polar surface area (TPSA) is 38.1 Å². The molecule has 0 aliphatic carbocycles. The van der Waals surface area contributed by atoms with Crippen molar-refractivity contribution in [3.8, 4) is 0 Å². The number of nitrogens with one attached hydrogen (secondary N) is 1. The number of benzene rings is 1. The van der Waals surface area contributed by atoms with Gasteiger partial charge in [-0.25, -0.2) is 9.37 Å². The summed E-state index contributed by atoms with van der Waals surface area (Å²) in [5.74, 6) is 1.22. The van der Waals surface area contributed by atoms with Gasteiger partial charge in [0.2, 0.25) is 0 Å². The zero-order valence-corrected chi connectivity index (χ0v) is 12.0. The summed E-state index contributed by atoms with van der Waals surface area (Å²) >= 11 is 0. The van der Waals surface area contributed by atoms with Crippen LogP contribution in [0, 0.1) is 19.7 Å². The minimum Gasteiger partial charge on any atom is -0.449 e. The number of oxazole rings is 1. The zero-order chi connectivity index (χ0) is 14.4. The highest BCUT2D eigenvalue weighted by molar-refractivity contribution is 5.13. The fourth-order valence-electron chi connectivity index (χ4n) is 2.22. The van der Waals surface area contributed by atoms with Crippen LogP contribution in [0.15, 0.2) is 34.9 Å². The first-order valence-electron chi connectivity index (χ1n) is 7.00. The Morgan fingerprint density at radius 1 is 1.15 bits per heavy atom. The highest BCUT2D eigenvalue weighted by Crippen LogP contribution is 2.23. The highest BCUT2D eigenvalue weighted by atomic mass is 19.1. The maximum atomic E-state index is 12.1. The molecule has 1 N–H and O–H groups in total. The first-order valence-corrected chi connectivity index (χ1v) is 7.00. The van der Waals surface area contributed by atoms with Gasteiger partial charge in [0, 0.05) is 12.8 Å². The van der Waals surface area contributed by atoms with E-state index < -0.39 is 0 Å². The van der Waals surface area contributed by atoms with Crippen LogP contribution in [0.4, 0.5) is 4.39 Å². The summed E-state index contributed by atoms with van der Waals surface area (Å²) in [5, 5.41) is 3.33. The molecule has 20 heavy (non-hydrogen) atoms. The predicted octanol–water partition coefficient (Wildman–Crippen LogP) is 3.58. The van der Waals surface area contributed by atoms with Gasteiger partial charge >= 0.3 is 0 Å². The summed E-state index contributed by atoms with van der Waals surface area (Å²) in [7, 11) is 0. The molecule has 0 unspecified atom stereocenters. The van der Waals surface area contributed by atoms with E-state index >= 15 is 0 Å². The lowest BCUT2D eigenvalue weighted by Crippen LogP contribution is -2.26. The zero-order valence-electron chi connectivity index (χ0n) is 12.0. The number of hydrogen-bond acceptors (Lipinski definition) is 3. The largest absolute Gasteiger partial charge is 0.449 e. The molecule has 0 atom stereocenters. The SMILES string of the molecule is Cc1ccc(F)cc1.Cc1nc(C2CCNCC2)co1. The van der Waals surface area contributed by atoms with Crippen LogP contribution in [0.5, 0.6) is 0 Å². The van der Waals surface area contributed by atoms with Crippen molar-refractivity contribution < 1.29 is 8.81 Å². The summed E-state index contributed by atoms with van der Waals surface area (Å²) < 4.78 is 17.3. The smallest absolute Gasteiger partial charge is 0.191 e. The van der Waals surface area contributed by atoms with Crippen molar-refractivity contribution in [1.29, 1.82) is 0 Å². The van der Waals surface area contributed by atoms with Crippen molar-refractivity contribution in [2.24, 2.45) is 0 Å². The Hall–Kier alpha value is -1.68. The molecule has 0 radical (unpaired) electrons. The van der Waals surface area contributed by atoms with Crippen LogP contribution in [0.3, 0.4) is 0 Å². The third-order valence-corrected chi connectivity index (χ3v) is 3.41. The molecule has 108 valence electrons. The molecule has 3 nitrogen and oxygen atoms in total. The number of aryl methyl sites for hydroxylation is 2. The van der Waals surface area contributed by atoms with Gasteiger partial charge in [0.05, 0.1) is 5.69 Å². The van der Waals surface area contributed by atoms with Crippen molar-refractivity contribution in [2.75, 3.05) is 13.1 Å². The molecule has 1 aliphatic rings. The van der Waals surface area contributed by atoms with Crippen LogP contribution >= 0.6 is 0 Å². The van der Waals surface area contributed by atoms with Gasteiger partial charge in [-0.2, -0.15) is 0 Å². The van der Waals surface area contributed by atoms with E-state index in [9.17, 15) is 4.39 Å². The summed E-state index contributed by atoms with van der Waals surface area (Å²) in [6.45, 7) is 6.04. The van der Waals surface area contributed by atoms with Crippen molar-refractivity contribution in [1.82, 2.24) is 10.3 Å². The Morgan fingerprint density at radius 3 is 2.30 bits per heavy atom. The molecular weight excluding hydrogens is 255 g/mol. The van der Waals surface area contributed by atoms with Crippen LogP contribution in [0.1, 0.15) is 35.9 Å². The number of aromatic nitrogens is 1. The van der Waals surface area contributed by atoms with Crippen molar-refractivity contribution in [3.05, 3.63) is 53.5 Å². The molecule has 2 aromatic rings. The number of nitrogens with zero attached hydrogens (tertiary/aromatic N) is 1. The summed E-state index contributed by atoms with van der Waals surface area (Å²) in [6.07, 6.45) is 4.17. The van der Waals surface area contributed by atoms with Crippen molar-refractivity contribution >= 4 is 0 Å². The maximum absolute atomic E-state index is 12.1. The lowest BCUT2D eigenvalue weighted by molar-refractivity contribution is 0.451. The Labute approximate surface area is 119 Å². The molecule has 1 aromatic carbocycles. The van der Waals surface area contributed by atoms with E-state index in [-0.39, 0.29) is 5.82 Å². The normalized spacial score (nSPS) is 15.6. The Kier molecular flexibility index (Phi) is 5.30. The lowest BCUT2D eigenvalue weighted by atomic mass is 9.95.